The van der Waals surface area contributed by atoms with Crippen molar-refractivity contribution >= 4 is 11.0 Å². The van der Waals surface area contributed by atoms with Gasteiger partial charge >= 0.3 is 0 Å². The molecule has 0 radical (unpaired) electrons. The molecule has 0 bridgehead atoms. The second-order valence-electron chi connectivity index (χ2n) is 7.86. The monoisotopic (exact) mass is 442 g/mol. The van der Waals surface area contributed by atoms with Gasteiger partial charge in [-0.05, 0) is 43.3 Å². The van der Waals surface area contributed by atoms with Gasteiger partial charge in [-0.1, -0.05) is 30.3 Å². The maximum atomic E-state index is 14.0. The average Bonchev–Trinajstić information content (AvgIpc) is 3.40. The molecule has 8 heteroatoms. The fourth-order valence-electron chi connectivity index (χ4n) is 3.89. The molecule has 2 aromatic carbocycles. The molecule has 0 amide bonds. The summed E-state index contributed by atoms with van der Waals surface area (Å²) in [5.74, 6) is -0.338. The Labute approximate surface area is 189 Å². The smallest absolute Gasteiger partial charge is 0.254 e. The molecule has 0 saturated heterocycles. The second-order valence-corrected chi connectivity index (χ2v) is 7.86. The number of pyridine rings is 1. The summed E-state index contributed by atoms with van der Waals surface area (Å²) in [4.78, 5) is 15.9. The number of aromatic amines is 1. The van der Waals surface area contributed by atoms with E-state index in [-0.39, 0.29) is 11.4 Å². The number of aryl methyl sites for hydroxylation is 1. The Kier molecular flexibility index (Phi) is 5.58. The number of nitrogens with zero attached hydrogens (tertiary/aromatic N) is 4. The Bertz CT molecular complexity index is 1470. The van der Waals surface area contributed by atoms with Gasteiger partial charge in [-0.2, -0.15) is 10.2 Å². The van der Waals surface area contributed by atoms with Gasteiger partial charge in [-0.3, -0.25) is 9.48 Å². The lowest BCUT2D eigenvalue weighted by molar-refractivity contribution is 0.544. The zero-order chi connectivity index (χ0) is 22.8. The molecule has 0 fully saturated rings. The van der Waals surface area contributed by atoms with Gasteiger partial charge in [0.25, 0.3) is 5.56 Å². The van der Waals surface area contributed by atoms with Crippen LogP contribution in [0.2, 0.25) is 0 Å². The molecule has 33 heavy (non-hydrogen) atoms. The van der Waals surface area contributed by atoms with E-state index in [0.717, 1.165) is 16.8 Å². The van der Waals surface area contributed by atoms with Crippen molar-refractivity contribution in [2.75, 3.05) is 6.54 Å². The van der Waals surface area contributed by atoms with E-state index in [2.05, 4.69) is 15.4 Å². The minimum absolute atomic E-state index is 0.187. The van der Waals surface area contributed by atoms with Crippen molar-refractivity contribution in [1.82, 2.24) is 29.9 Å². The van der Waals surface area contributed by atoms with Crippen LogP contribution < -0.4 is 10.9 Å². The molecule has 2 N–H and O–H groups in total. The summed E-state index contributed by atoms with van der Waals surface area (Å²) in [7, 11) is 0. The standard InChI is InChI=1S/C25H23FN6O/c1-17-10-11-28-31(17)13-12-27-16-19-15-22-23(18-6-5-7-20(26)14-18)30-32(24(22)29-25(19)33)21-8-3-2-4-9-21/h2-11,14-15,27H,12-13,16H2,1H3,(H,29,33). The highest BCUT2D eigenvalue weighted by Gasteiger charge is 2.17. The number of halogens is 1. The summed E-state index contributed by atoms with van der Waals surface area (Å²) in [6.45, 7) is 3.77. The number of nitrogens with one attached hydrogen (secondary N) is 2. The number of H-pyrrole nitrogens is 1. The lowest BCUT2D eigenvalue weighted by Gasteiger charge is -2.07. The van der Waals surface area contributed by atoms with Gasteiger partial charge in [0.2, 0.25) is 0 Å². The van der Waals surface area contributed by atoms with E-state index < -0.39 is 0 Å². The fraction of sp³-hybridized carbons (Fsp3) is 0.160. The molecule has 0 atom stereocenters. The molecule has 0 aliphatic rings. The predicted molar refractivity (Wildman–Crippen MR) is 126 cm³/mol. The lowest BCUT2D eigenvalue weighted by Crippen LogP contribution is -2.24. The SMILES string of the molecule is Cc1ccnn1CCNCc1cc2c(-c3cccc(F)c3)nn(-c3ccccc3)c2[nH]c1=O. The van der Waals surface area contributed by atoms with Crippen LogP contribution in [0.3, 0.4) is 0 Å². The lowest BCUT2D eigenvalue weighted by atomic mass is 10.1. The van der Waals surface area contributed by atoms with E-state index in [9.17, 15) is 9.18 Å². The number of hydrogen-bond donors (Lipinski definition) is 2. The third-order valence-corrected chi connectivity index (χ3v) is 5.61. The Morgan fingerprint density at radius 1 is 1.06 bits per heavy atom. The van der Waals surface area contributed by atoms with Crippen LogP contribution in [-0.2, 0) is 13.1 Å². The Balaban J connectivity index is 1.51. The quantitative estimate of drug-likeness (QED) is 0.376. The minimum Gasteiger partial charge on any atom is -0.311 e. The molecule has 7 nitrogen and oxygen atoms in total. The summed E-state index contributed by atoms with van der Waals surface area (Å²) in [6.07, 6.45) is 1.77. The second kappa shape index (κ2) is 8.84. The summed E-state index contributed by atoms with van der Waals surface area (Å²) in [6, 6.07) is 19.7. The third-order valence-electron chi connectivity index (χ3n) is 5.61. The normalized spacial score (nSPS) is 11.3. The number of fused-ring (bicyclic) bond motifs is 1. The van der Waals surface area contributed by atoms with E-state index in [1.54, 1.807) is 16.9 Å². The molecule has 0 spiro atoms. The Hall–Kier alpha value is -4.04. The van der Waals surface area contributed by atoms with Crippen LogP contribution in [0, 0.1) is 12.7 Å². The summed E-state index contributed by atoms with van der Waals surface area (Å²) in [5, 5.41) is 13.1. The molecule has 166 valence electrons. The first-order valence-corrected chi connectivity index (χ1v) is 10.8. The largest absolute Gasteiger partial charge is 0.311 e. The number of benzene rings is 2. The zero-order valence-corrected chi connectivity index (χ0v) is 18.1. The van der Waals surface area contributed by atoms with Gasteiger partial charge in [0, 0.05) is 41.5 Å². The van der Waals surface area contributed by atoms with Crippen LogP contribution in [-0.4, -0.2) is 31.1 Å². The van der Waals surface area contributed by atoms with Crippen molar-refractivity contribution in [3.8, 4) is 16.9 Å². The van der Waals surface area contributed by atoms with Crippen LogP contribution in [0.4, 0.5) is 4.39 Å². The fourth-order valence-corrected chi connectivity index (χ4v) is 3.89. The molecule has 3 heterocycles. The third kappa shape index (κ3) is 4.20. The van der Waals surface area contributed by atoms with Crippen molar-refractivity contribution in [3.05, 3.63) is 100 Å². The predicted octanol–water partition coefficient (Wildman–Crippen LogP) is 3.81. The van der Waals surface area contributed by atoms with E-state index in [0.29, 0.717) is 42.1 Å². The zero-order valence-electron chi connectivity index (χ0n) is 18.1. The van der Waals surface area contributed by atoms with Crippen LogP contribution in [0.15, 0.2) is 77.7 Å². The molecule has 0 unspecified atom stereocenters. The van der Waals surface area contributed by atoms with Crippen LogP contribution >= 0.6 is 0 Å². The molecule has 5 rings (SSSR count). The van der Waals surface area contributed by atoms with Gasteiger partial charge in [-0.25, -0.2) is 9.07 Å². The number of para-hydroxylation sites is 1. The number of hydrogen-bond acceptors (Lipinski definition) is 4. The maximum Gasteiger partial charge on any atom is 0.254 e. The number of rotatable bonds is 7. The summed E-state index contributed by atoms with van der Waals surface area (Å²) >= 11 is 0. The highest BCUT2D eigenvalue weighted by atomic mass is 19.1. The van der Waals surface area contributed by atoms with Crippen molar-refractivity contribution in [1.29, 1.82) is 0 Å². The number of aromatic nitrogens is 5. The van der Waals surface area contributed by atoms with E-state index in [1.165, 1.54) is 12.1 Å². The first-order chi connectivity index (χ1) is 16.1. The van der Waals surface area contributed by atoms with Crippen LogP contribution in [0.5, 0.6) is 0 Å². The summed E-state index contributed by atoms with van der Waals surface area (Å²) < 4.78 is 17.6. The molecular weight excluding hydrogens is 419 g/mol. The molecule has 0 saturated carbocycles. The van der Waals surface area contributed by atoms with Crippen LogP contribution in [0.1, 0.15) is 11.3 Å². The Morgan fingerprint density at radius 3 is 2.67 bits per heavy atom. The highest BCUT2D eigenvalue weighted by Crippen LogP contribution is 2.29. The molecule has 3 aromatic heterocycles. The summed E-state index contributed by atoms with van der Waals surface area (Å²) in [5.41, 5.74) is 4.12. The van der Waals surface area contributed by atoms with E-state index in [4.69, 9.17) is 5.10 Å². The van der Waals surface area contributed by atoms with Crippen molar-refractivity contribution in [3.63, 3.8) is 0 Å². The molecule has 5 aromatic rings. The van der Waals surface area contributed by atoms with Gasteiger partial charge in [0.1, 0.15) is 17.2 Å². The highest BCUT2D eigenvalue weighted by molar-refractivity contribution is 5.92. The van der Waals surface area contributed by atoms with Gasteiger partial charge in [-0.15, -0.1) is 0 Å². The van der Waals surface area contributed by atoms with Gasteiger partial charge in [0.05, 0.1) is 12.2 Å². The van der Waals surface area contributed by atoms with Crippen LogP contribution in [0.25, 0.3) is 28.0 Å². The first-order valence-electron chi connectivity index (χ1n) is 10.8. The van der Waals surface area contributed by atoms with Gasteiger partial charge in [0.15, 0.2) is 0 Å². The topological polar surface area (TPSA) is 80.5 Å². The molecular formula is C25H23FN6O. The Morgan fingerprint density at radius 2 is 1.91 bits per heavy atom. The maximum absolute atomic E-state index is 14.0. The average molecular weight is 442 g/mol. The molecule has 0 aliphatic heterocycles. The van der Waals surface area contributed by atoms with Crippen molar-refractivity contribution < 1.29 is 4.39 Å². The minimum atomic E-state index is -0.338. The molecule has 0 aliphatic carbocycles. The van der Waals surface area contributed by atoms with Crippen molar-refractivity contribution in [2.24, 2.45) is 0 Å². The first kappa shape index (κ1) is 20.8. The van der Waals surface area contributed by atoms with Gasteiger partial charge < -0.3 is 10.3 Å². The van der Waals surface area contributed by atoms with E-state index in [1.807, 2.05) is 60.1 Å². The van der Waals surface area contributed by atoms with Crippen molar-refractivity contribution in [2.45, 2.75) is 20.0 Å². The van der Waals surface area contributed by atoms with E-state index >= 15 is 0 Å².